The number of aromatic amines is 1. The molecule has 0 radical (unpaired) electrons. The predicted octanol–water partition coefficient (Wildman–Crippen LogP) is 1.12. The number of aromatic nitrogens is 3. The zero-order chi connectivity index (χ0) is 11.4. The van der Waals surface area contributed by atoms with Crippen LogP contribution in [0.2, 0.25) is 0 Å². The zero-order valence-electron chi connectivity index (χ0n) is 9.28. The van der Waals surface area contributed by atoms with Crippen LogP contribution in [-0.2, 0) is 16.1 Å². The number of nitrogens with one attached hydrogen (secondary N) is 2. The molecule has 2 N–H and O–H groups in total. The molecule has 6 nitrogen and oxygen atoms in total. The van der Waals surface area contributed by atoms with Crippen molar-refractivity contribution in [1.82, 2.24) is 15.0 Å². The molecule has 0 aliphatic heterocycles. The molecular formula is C10H14N4O2. The fourth-order valence-electron chi connectivity index (χ4n) is 1.46. The number of ether oxygens (including phenoxy) is 2. The van der Waals surface area contributed by atoms with Gasteiger partial charge in [-0.1, -0.05) is 0 Å². The number of hydrogen-bond acceptors (Lipinski definition) is 5. The molecule has 0 atom stereocenters. The summed E-state index contributed by atoms with van der Waals surface area (Å²) in [5, 5.41) is 4.00. The maximum atomic E-state index is 5.20. The first-order chi connectivity index (χ1) is 7.85. The molecule has 0 spiro atoms. The standard InChI is InChI=1S/C10H14N4O2/c1-11-9-7-3-4-12-10(7)14-8(13-9)5-16-6-15-2/h3-4H,5-6H2,1-2H3,(H2,11,12,13,14). The maximum Gasteiger partial charge on any atom is 0.158 e. The van der Waals surface area contributed by atoms with Gasteiger partial charge in [0.15, 0.2) is 5.82 Å². The summed E-state index contributed by atoms with van der Waals surface area (Å²) in [5.74, 6) is 1.42. The summed E-state index contributed by atoms with van der Waals surface area (Å²) in [6, 6.07) is 1.93. The van der Waals surface area contributed by atoms with Crippen LogP contribution in [0.3, 0.4) is 0 Å². The highest BCUT2D eigenvalue weighted by Crippen LogP contribution is 2.18. The molecule has 0 saturated heterocycles. The lowest BCUT2D eigenvalue weighted by Crippen LogP contribution is -2.04. The average molecular weight is 222 g/mol. The minimum Gasteiger partial charge on any atom is -0.372 e. The Balaban J connectivity index is 2.25. The van der Waals surface area contributed by atoms with Crippen molar-refractivity contribution < 1.29 is 9.47 Å². The molecule has 0 aliphatic carbocycles. The van der Waals surface area contributed by atoms with Gasteiger partial charge in [0.25, 0.3) is 0 Å². The minimum atomic E-state index is 0.237. The second-order valence-electron chi connectivity index (χ2n) is 3.23. The van der Waals surface area contributed by atoms with Gasteiger partial charge in [-0.15, -0.1) is 0 Å². The van der Waals surface area contributed by atoms with E-state index in [-0.39, 0.29) is 6.79 Å². The molecule has 0 fully saturated rings. The van der Waals surface area contributed by atoms with Crippen LogP contribution in [0.1, 0.15) is 5.82 Å². The zero-order valence-corrected chi connectivity index (χ0v) is 9.28. The topological polar surface area (TPSA) is 72.1 Å². The summed E-state index contributed by atoms with van der Waals surface area (Å²) in [6.07, 6.45) is 1.83. The highest BCUT2D eigenvalue weighted by molar-refractivity contribution is 5.86. The fraction of sp³-hybridized carbons (Fsp3) is 0.400. The number of rotatable bonds is 5. The van der Waals surface area contributed by atoms with E-state index in [1.54, 1.807) is 7.11 Å². The lowest BCUT2D eigenvalue weighted by atomic mass is 10.3. The third-order valence-electron chi connectivity index (χ3n) is 2.13. The van der Waals surface area contributed by atoms with E-state index in [9.17, 15) is 0 Å². The first kappa shape index (κ1) is 10.8. The van der Waals surface area contributed by atoms with Gasteiger partial charge >= 0.3 is 0 Å². The first-order valence-corrected chi connectivity index (χ1v) is 4.93. The van der Waals surface area contributed by atoms with Gasteiger partial charge in [-0.2, -0.15) is 0 Å². The van der Waals surface area contributed by atoms with E-state index in [2.05, 4.69) is 20.3 Å². The highest BCUT2D eigenvalue weighted by Gasteiger charge is 2.07. The van der Waals surface area contributed by atoms with Crippen LogP contribution in [0.25, 0.3) is 11.0 Å². The Morgan fingerprint density at radius 3 is 3.06 bits per heavy atom. The third kappa shape index (κ3) is 2.12. The van der Waals surface area contributed by atoms with Crippen molar-refractivity contribution in [3.8, 4) is 0 Å². The summed E-state index contributed by atoms with van der Waals surface area (Å²) in [5.41, 5.74) is 0.801. The summed E-state index contributed by atoms with van der Waals surface area (Å²) in [4.78, 5) is 11.7. The van der Waals surface area contributed by atoms with Crippen molar-refractivity contribution >= 4 is 16.9 Å². The van der Waals surface area contributed by atoms with Gasteiger partial charge in [0, 0.05) is 20.4 Å². The van der Waals surface area contributed by atoms with Crippen molar-refractivity contribution in [3.05, 3.63) is 18.1 Å². The molecule has 0 aliphatic rings. The Labute approximate surface area is 93.0 Å². The Hall–Kier alpha value is -1.66. The predicted molar refractivity (Wildman–Crippen MR) is 60.1 cm³/mol. The SMILES string of the molecule is CNc1nc(COCOC)nc2[nH]ccc12. The molecule has 6 heteroatoms. The number of fused-ring (bicyclic) bond motifs is 1. The van der Waals surface area contributed by atoms with Crippen LogP contribution in [0.4, 0.5) is 5.82 Å². The third-order valence-corrected chi connectivity index (χ3v) is 2.13. The van der Waals surface area contributed by atoms with Crippen molar-refractivity contribution in [2.24, 2.45) is 0 Å². The number of anilines is 1. The smallest absolute Gasteiger partial charge is 0.158 e. The van der Waals surface area contributed by atoms with E-state index in [4.69, 9.17) is 9.47 Å². The van der Waals surface area contributed by atoms with E-state index in [1.807, 2.05) is 19.3 Å². The quantitative estimate of drug-likeness (QED) is 0.586. The van der Waals surface area contributed by atoms with Crippen molar-refractivity contribution in [2.75, 3.05) is 26.3 Å². The molecule has 0 amide bonds. The largest absolute Gasteiger partial charge is 0.372 e. The number of H-pyrrole nitrogens is 1. The lowest BCUT2D eigenvalue weighted by Gasteiger charge is -2.05. The average Bonchev–Trinajstić information content (AvgIpc) is 2.76. The summed E-state index contributed by atoms with van der Waals surface area (Å²) < 4.78 is 10.00. The second-order valence-corrected chi connectivity index (χ2v) is 3.23. The van der Waals surface area contributed by atoms with Crippen LogP contribution in [0.15, 0.2) is 12.3 Å². The van der Waals surface area contributed by atoms with Gasteiger partial charge < -0.3 is 19.8 Å². The summed E-state index contributed by atoms with van der Waals surface area (Å²) in [6.45, 7) is 0.568. The van der Waals surface area contributed by atoms with Crippen LogP contribution < -0.4 is 5.32 Å². The lowest BCUT2D eigenvalue weighted by molar-refractivity contribution is -0.0411. The van der Waals surface area contributed by atoms with Crippen LogP contribution >= 0.6 is 0 Å². The second kappa shape index (κ2) is 4.91. The van der Waals surface area contributed by atoms with Gasteiger partial charge in [0.2, 0.25) is 0 Å². The Bertz CT molecular complexity index is 469. The van der Waals surface area contributed by atoms with Gasteiger partial charge in [0.05, 0.1) is 5.39 Å². The molecule has 86 valence electrons. The van der Waals surface area contributed by atoms with Crippen molar-refractivity contribution in [3.63, 3.8) is 0 Å². The van der Waals surface area contributed by atoms with E-state index in [0.29, 0.717) is 12.4 Å². The van der Waals surface area contributed by atoms with Gasteiger partial charge in [-0.25, -0.2) is 9.97 Å². The molecule has 16 heavy (non-hydrogen) atoms. The van der Waals surface area contributed by atoms with E-state index in [0.717, 1.165) is 16.9 Å². The van der Waals surface area contributed by atoms with E-state index < -0.39 is 0 Å². The number of nitrogens with zero attached hydrogens (tertiary/aromatic N) is 2. The Morgan fingerprint density at radius 1 is 1.44 bits per heavy atom. The fourth-order valence-corrected chi connectivity index (χ4v) is 1.46. The molecule has 0 bridgehead atoms. The summed E-state index contributed by atoms with van der Waals surface area (Å²) in [7, 11) is 3.41. The monoisotopic (exact) mass is 222 g/mol. The molecule has 0 saturated carbocycles. The van der Waals surface area contributed by atoms with Crippen LogP contribution in [0.5, 0.6) is 0 Å². The molecule has 2 rings (SSSR count). The highest BCUT2D eigenvalue weighted by atomic mass is 16.7. The Morgan fingerprint density at radius 2 is 2.31 bits per heavy atom. The van der Waals surface area contributed by atoms with Gasteiger partial charge in [0.1, 0.15) is 24.9 Å². The molecule has 2 aromatic heterocycles. The van der Waals surface area contributed by atoms with Gasteiger partial charge in [-0.3, -0.25) is 0 Å². The van der Waals surface area contributed by atoms with Crippen molar-refractivity contribution in [1.29, 1.82) is 0 Å². The first-order valence-electron chi connectivity index (χ1n) is 4.93. The molecular weight excluding hydrogens is 208 g/mol. The van der Waals surface area contributed by atoms with Crippen LogP contribution in [-0.4, -0.2) is 35.9 Å². The molecule has 0 unspecified atom stereocenters. The number of methoxy groups -OCH3 is 1. The Kier molecular flexibility index (Phi) is 3.33. The molecule has 2 aromatic rings. The summed E-state index contributed by atoms with van der Waals surface area (Å²) >= 11 is 0. The molecule has 2 heterocycles. The number of hydrogen-bond donors (Lipinski definition) is 2. The van der Waals surface area contributed by atoms with Gasteiger partial charge in [-0.05, 0) is 6.07 Å². The minimum absolute atomic E-state index is 0.237. The van der Waals surface area contributed by atoms with Crippen molar-refractivity contribution in [2.45, 2.75) is 6.61 Å². The maximum absolute atomic E-state index is 5.20. The van der Waals surface area contributed by atoms with E-state index >= 15 is 0 Å². The van der Waals surface area contributed by atoms with Crippen LogP contribution in [0, 0.1) is 0 Å². The van der Waals surface area contributed by atoms with E-state index in [1.165, 1.54) is 0 Å². The normalized spacial score (nSPS) is 10.9. The molecule has 0 aromatic carbocycles.